The third-order valence-electron chi connectivity index (χ3n) is 8.42. The zero-order valence-corrected chi connectivity index (χ0v) is 23.5. The van der Waals surface area contributed by atoms with Crippen LogP contribution in [0.5, 0.6) is 11.8 Å². The lowest BCUT2D eigenvalue weighted by atomic mass is 9.75. The first-order valence-corrected chi connectivity index (χ1v) is 13.5. The Balaban J connectivity index is 1.51. The van der Waals surface area contributed by atoms with E-state index in [1.807, 2.05) is 0 Å². The fraction of sp³-hybridized carbons (Fsp3) is 0.219. The van der Waals surface area contributed by atoms with Crippen LogP contribution in [0.4, 0.5) is 22.0 Å². The number of benzene rings is 3. The lowest BCUT2D eigenvalue weighted by Gasteiger charge is -2.37. The van der Waals surface area contributed by atoms with Gasteiger partial charge in [-0.25, -0.2) is 8.78 Å². The third-order valence-corrected chi connectivity index (χ3v) is 8.42. The molecule has 230 valence electrons. The van der Waals surface area contributed by atoms with Crippen LogP contribution < -0.4 is 0 Å². The van der Waals surface area contributed by atoms with Crippen molar-refractivity contribution in [1.29, 1.82) is 5.26 Å². The largest absolute Gasteiger partial charge is 0.494 e. The number of alkyl halides is 3. The lowest BCUT2D eigenvalue weighted by Crippen LogP contribution is -2.52. The molecular weight excluding hydrogens is 601 g/mol. The summed E-state index contributed by atoms with van der Waals surface area (Å²) in [5, 5.41) is 32.0. The number of imide groups is 1. The second-order valence-electron chi connectivity index (χ2n) is 11.2. The van der Waals surface area contributed by atoms with Crippen LogP contribution in [-0.4, -0.2) is 37.5 Å². The minimum atomic E-state index is -4.92. The highest BCUT2D eigenvalue weighted by Crippen LogP contribution is 2.65. The number of carbonyl (C=O) groups is 2. The lowest BCUT2D eigenvalue weighted by molar-refractivity contribution is -0.137. The molecule has 1 aromatic heterocycles. The summed E-state index contributed by atoms with van der Waals surface area (Å²) in [5.41, 5.74) is -5.58. The molecule has 2 aliphatic heterocycles. The Morgan fingerprint density at radius 2 is 1.42 bits per heavy atom. The Morgan fingerprint density at radius 3 is 1.91 bits per heavy atom. The van der Waals surface area contributed by atoms with Crippen LogP contribution in [0.2, 0.25) is 0 Å². The zero-order valence-electron chi connectivity index (χ0n) is 23.5. The van der Waals surface area contributed by atoms with Gasteiger partial charge in [-0.05, 0) is 80.6 Å². The van der Waals surface area contributed by atoms with E-state index in [-0.39, 0.29) is 34.4 Å². The minimum absolute atomic E-state index is 0.0417. The number of hydrogen-bond acceptors (Lipinski definition) is 6. The van der Waals surface area contributed by atoms with E-state index in [1.165, 1.54) is 44.2 Å². The Labute approximate surface area is 252 Å². The van der Waals surface area contributed by atoms with E-state index in [0.717, 1.165) is 45.9 Å². The second kappa shape index (κ2) is 9.90. The highest BCUT2D eigenvalue weighted by atomic mass is 19.4. The van der Waals surface area contributed by atoms with Crippen molar-refractivity contribution in [3.63, 3.8) is 0 Å². The molecule has 1 saturated heterocycles. The van der Waals surface area contributed by atoms with Gasteiger partial charge in [0.25, 0.3) is 11.8 Å². The first-order valence-electron chi connectivity index (χ1n) is 13.5. The third kappa shape index (κ3) is 4.43. The number of fused-ring (bicyclic) bond motifs is 5. The van der Waals surface area contributed by atoms with Crippen LogP contribution in [0.3, 0.4) is 0 Å². The number of ether oxygens (including phenoxy) is 1. The van der Waals surface area contributed by atoms with Crippen LogP contribution in [0, 0.1) is 23.0 Å². The van der Waals surface area contributed by atoms with E-state index in [2.05, 4.69) is 0 Å². The predicted octanol–water partition coefficient (Wildman–Crippen LogP) is 6.27. The molecule has 0 saturated carbocycles. The Hall–Kier alpha value is -5.22. The molecule has 0 radical (unpaired) electrons. The highest BCUT2D eigenvalue weighted by Gasteiger charge is 2.67. The van der Waals surface area contributed by atoms with Crippen molar-refractivity contribution in [2.24, 2.45) is 0 Å². The van der Waals surface area contributed by atoms with Crippen LogP contribution in [0.25, 0.3) is 5.69 Å². The van der Waals surface area contributed by atoms with Crippen molar-refractivity contribution in [1.82, 2.24) is 9.47 Å². The van der Waals surface area contributed by atoms with Gasteiger partial charge in [0.2, 0.25) is 11.8 Å². The molecule has 3 aromatic carbocycles. The number of amides is 2. The van der Waals surface area contributed by atoms with Crippen molar-refractivity contribution in [2.45, 2.75) is 43.7 Å². The molecule has 3 atom stereocenters. The number of nitriles is 1. The summed E-state index contributed by atoms with van der Waals surface area (Å²) in [4.78, 5) is 28.7. The van der Waals surface area contributed by atoms with Crippen LogP contribution in [0.1, 0.15) is 63.2 Å². The van der Waals surface area contributed by atoms with Crippen molar-refractivity contribution in [2.75, 3.05) is 0 Å². The fourth-order valence-corrected chi connectivity index (χ4v) is 6.45. The molecule has 45 heavy (non-hydrogen) atoms. The molecule has 2 unspecified atom stereocenters. The first-order chi connectivity index (χ1) is 21.1. The maximum atomic E-state index is 13.9. The van der Waals surface area contributed by atoms with Gasteiger partial charge in [0.1, 0.15) is 17.2 Å². The summed E-state index contributed by atoms with van der Waals surface area (Å²) >= 11 is 0. The molecule has 13 heteroatoms. The standard InChI is InChI=1S/C32H22F5N3O5/c1-30-14-23(40(26(41)16-3-8-19(33)9-4-16)27(42)17-5-10-20(34)11-6-17)31(2,45-30)25-24(30)28(43)39(29(25)44)21-12-7-18(15-38)22(13-21)32(35,36)37/h3-13,23,43-44H,14H2,1-2H3/t23-,30?,31?/m1/s1. The normalized spacial score (nSPS) is 21.8. The van der Waals surface area contributed by atoms with Gasteiger partial charge < -0.3 is 14.9 Å². The molecule has 0 aliphatic carbocycles. The van der Waals surface area contributed by atoms with Crippen molar-refractivity contribution in [3.05, 3.63) is 112 Å². The van der Waals surface area contributed by atoms with Gasteiger partial charge in [0.05, 0.1) is 45.7 Å². The molecule has 2 amide bonds. The van der Waals surface area contributed by atoms with Gasteiger partial charge in [-0.1, -0.05) is 0 Å². The summed E-state index contributed by atoms with van der Waals surface area (Å²) in [5.74, 6) is -4.32. The number of nitrogens with zero attached hydrogens (tertiary/aromatic N) is 3. The van der Waals surface area contributed by atoms with E-state index in [1.54, 1.807) is 0 Å². The first kappa shape index (κ1) is 29.8. The highest BCUT2D eigenvalue weighted by molar-refractivity contribution is 6.10. The van der Waals surface area contributed by atoms with E-state index < -0.39 is 69.8 Å². The molecule has 2 bridgehead atoms. The number of carbonyl (C=O) groups excluding carboxylic acids is 2. The second-order valence-corrected chi connectivity index (χ2v) is 11.2. The number of aromatic hydroxyl groups is 2. The number of hydrogen-bond donors (Lipinski definition) is 2. The molecule has 6 rings (SSSR count). The molecular formula is C32H22F5N3O5. The molecule has 2 aliphatic rings. The molecule has 4 aromatic rings. The molecule has 0 spiro atoms. The van der Waals surface area contributed by atoms with Gasteiger partial charge >= 0.3 is 6.18 Å². The maximum absolute atomic E-state index is 13.9. The van der Waals surface area contributed by atoms with E-state index >= 15 is 0 Å². The van der Waals surface area contributed by atoms with E-state index in [0.29, 0.717) is 6.07 Å². The van der Waals surface area contributed by atoms with Gasteiger partial charge in [-0.3, -0.25) is 19.1 Å². The fourth-order valence-electron chi connectivity index (χ4n) is 6.45. The van der Waals surface area contributed by atoms with Gasteiger partial charge in [0.15, 0.2) is 0 Å². The Bertz CT molecular complexity index is 1870. The van der Waals surface area contributed by atoms with E-state index in [9.17, 15) is 47.0 Å². The Kier molecular flexibility index (Phi) is 6.56. The van der Waals surface area contributed by atoms with Crippen LogP contribution >= 0.6 is 0 Å². The molecule has 8 nitrogen and oxygen atoms in total. The van der Waals surface area contributed by atoms with Crippen LogP contribution in [0.15, 0.2) is 66.7 Å². The zero-order chi connectivity index (χ0) is 32.6. The number of rotatable bonds is 4. The van der Waals surface area contributed by atoms with Crippen molar-refractivity contribution < 1.29 is 46.5 Å². The maximum Gasteiger partial charge on any atom is 0.417 e. The van der Waals surface area contributed by atoms with Gasteiger partial charge in [-0.2, -0.15) is 18.4 Å². The van der Waals surface area contributed by atoms with E-state index in [4.69, 9.17) is 4.74 Å². The van der Waals surface area contributed by atoms with Gasteiger partial charge in [0, 0.05) is 17.5 Å². The van der Waals surface area contributed by atoms with Crippen LogP contribution in [-0.2, 0) is 22.1 Å². The topological polar surface area (TPSA) is 116 Å². The molecule has 1 fully saturated rings. The monoisotopic (exact) mass is 623 g/mol. The Morgan fingerprint density at radius 1 is 0.911 bits per heavy atom. The summed E-state index contributed by atoms with van der Waals surface area (Å²) in [6.07, 6.45) is -5.04. The summed E-state index contributed by atoms with van der Waals surface area (Å²) in [6, 6.07) is 11.8. The predicted molar refractivity (Wildman–Crippen MR) is 146 cm³/mol. The van der Waals surface area contributed by atoms with Gasteiger partial charge in [-0.15, -0.1) is 0 Å². The minimum Gasteiger partial charge on any atom is -0.494 e. The molecule has 3 heterocycles. The SMILES string of the molecule is CC12C[C@@H](N(C(=O)c3ccc(F)cc3)C(=O)c3ccc(F)cc3)C(C)(O1)c1c2c(O)n(-c2ccc(C#N)c(C(F)(F)F)c2)c1O. The smallest absolute Gasteiger partial charge is 0.417 e. The number of halogens is 5. The summed E-state index contributed by atoms with van der Waals surface area (Å²) in [6.45, 7) is 2.99. The average Bonchev–Trinajstić information content (AvgIpc) is 3.52. The van der Waals surface area contributed by atoms with Crippen molar-refractivity contribution in [3.8, 4) is 23.5 Å². The van der Waals surface area contributed by atoms with Crippen molar-refractivity contribution >= 4 is 11.8 Å². The number of aromatic nitrogens is 1. The summed E-state index contributed by atoms with van der Waals surface area (Å²) < 4.78 is 75.7. The molecule has 2 N–H and O–H groups in total. The summed E-state index contributed by atoms with van der Waals surface area (Å²) in [7, 11) is 0. The quantitative estimate of drug-likeness (QED) is 0.205. The average molecular weight is 624 g/mol.